The van der Waals surface area contributed by atoms with Crippen LogP contribution in [0.1, 0.15) is 43.1 Å². The normalized spacial score (nSPS) is 11.3. The molecule has 0 aliphatic carbocycles. The number of Topliss-reactive ketones (excluding diaryl/α,β-unsaturated/α-hetero) is 1. The highest BCUT2D eigenvalue weighted by Gasteiger charge is 2.14. The highest BCUT2D eigenvalue weighted by atomic mass is 19.1. The minimum absolute atomic E-state index is 0.0838. The maximum Gasteiger partial charge on any atom is 0.164 e. The lowest BCUT2D eigenvalue weighted by Crippen LogP contribution is -2.12. The molecule has 0 unspecified atom stereocenters. The largest absolute Gasteiger partial charge is 0.385 e. The lowest BCUT2D eigenvalue weighted by atomic mass is 9.86. The van der Waals surface area contributed by atoms with Crippen LogP contribution in [0.3, 0.4) is 0 Å². The van der Waals surface area contributed by atoms with E-state index in [1.165, 1.54) is 17.7 Å². The van der Waals surface area contributed by atoms with Crippen molar-refractivity contribution in [1.82, 2.24) is 0 Å². The maximum absolute atomic E-state index is 13.0. The fraction of sp³-hybridized carbons (Fsp3) is 0.316. The predicted molar refractivity (Wildman–Crippen MR) is 89.0 cm³/mol. The van der Waals surface area contributed by atoms with Gasteiger partial charge in [0.05, 0.1) is 0 Å². The molecule has 2 aromatic carbocycles. The van der Waals surface area contributed by atoms with Gasteiger partial charge < -0.3 is 5.32 Å². The molecule has 0 atom stereocenters. The first-order chi connectivity index (χ1) is 10.4. The van der Waals surface area contributed by atoms with E-state index in [1.807, 2.05) is 24.3 Å². The number of hydrogen-bond acceptors (Lipinski definition) is 2. The van der Waals surface area contributed by atoms with Gasteiger partial charge in [-0.25, -0.2) is 4.39 Å². The van der Waals surface area contributed by atoms with Gasteiger partial charge in [-0.2, -0.15) is 0 Å². The Morgan fingerprint density at radius 1 is 1.09 bits per heavy atom. The van der Waals surface area contributed by atoms with E-state index in [0.717, 1.165) is 0 Å². The topological polar surface area (TPSA) is 29.1 Å². The predicted octanol–water partition coefficient (Wildman–Crippen LogP) is 4.81. The number of carbonyl (C=O) groups excluding carboxylic acids is 1. The fourth-order valence-electron chi connectivity index (χ4n) is 2.22. The van der Waals surface area contributed by atoms with Gasteiger partial charge in [0.15, 0.2) is 5.78 Å². The van der Waals surface area contributed by atoms with Gasteiger partial charge in [-0.05, 0) is 29.2 Å². The Hall–Kier alpha value is -2.16. The van der Waals surface area contributed by atoms with Crippen LogP contribution < -0.4 is 5.32 Å². The van der Waals surface area contributed by atoms with Crippen LogP contribution in [0.4, 0.5) is 10.1 Å². The zero-order chi connectivity index (χ0) is 16.2. The van der Waals surface area contributed by atoms with Gasteiger partial charge in [-0.15, -0.1) is 0 Å². The first-order valence-corrected chi connectivity index (χ1v) is 7.49. The van der Waals surface area contributed by atoms with E-state index in [4.69, 9.17) is 0 Å². The molecule has 0 saturated carbocycles. The van der Waals surface area contributed by atoms with Gasteiger partial charge in [-0.3, -0.25) is 4.79 Å². The molecule has 0 heterocycles. The smallest absolute Gasteiger partial charge is 0.164 e. The lowest BCUT2D eigenvalue weighted by molar-refractivity contribution is 0.0986. The van der Waals surface area contributed by atoms with E-state index in [0.29, 0.717) is 24.2 Å². The third kappa shape index (κ3) is 4.42. The molecule has 22 heavy (non-hydrogen) atoms. The van der Waals surface area contributed by atoms with Crippen molar-refractivity contribution < 1.29 is 9.18 Å². The second-order valence-electron chi connectivity index (χ2n) is 6.44. The Bertz CT molecular complexity index is 641. The molecule has 0 amide bonds. The summed E-state index contributed by atoms with van der Waals surface area (Å²) in [7, 11) is 0. The molecule has 116 valence electrons. The van der Waals surface area contributed by atoms with E-state index >= 15 is 0 Å². The SMILES string of the molecule is CC(C)(C)c1ccc(C(=O)CCNc2cccc(F)c2)cc1. The summed E-state index contributed by atoms with van der Waals surface area (Å²) in [6, 6.07) is 14.0. The summed E-state index contributed by atoms with van der Waals surface area (Å²) in [6.07, 6.45) is 0.380. The molecule has 0 fully saturated rings. The molecule has 0 bridgehead atoms. The molecule has 0 aromatic heterocycles. The van der Waals surface area contributed by atoms with Crippen molar-refractivity contribution in [3.8, 4) is 0 Å². The molecular formula is C19H22FNO. The maximum atomic E-state index is 13.0. The number of halogens is 1. The first-order valence-electron chi connectivity index (χ1n) is 7.49. The van der Waals surface area contributed by atoms with Crippen molar-refractivity contribution in [3.05, 3.63) is 65.5 Å². The van der Waals surface area contributed by atoms with Gasteiger partial charge in [0.1, 0.15) is 5.82 Å². The summed E-state index contributed by atoms with van der Waals surface area (Å²) in [5, 5.41) is 3.06. The zero-order valence-corrected chi connectivity index (χ0v) is 13.3. The Labute approximate surface area is 131 Å². The number of benzene rings is 2. The molecular weight excluding hydrogens is 277 g/mol. The number of rotatable bonds is 5. The average molecular weight is 299 g/mol. The van der Waals surface area contributed by atoms with Crippen molar-refractivity contribution in [2.75, 3.05) is 11.9 Å². The van der Waals surface area contributed by atoms with Crippen LogP contribution in [0.25, 0.3) is 0 Å². The number of nitrogens with one attached hydrogen (secondary N) is 1. The molecule has 2 nitrogen and oxygen atoms in total. The van der Waals surface area contributed by atoms with Crippen molar-refractivity contribution in [3.63, 3.8) is 0 Å². The van der Waals surface area contributed by atoms with E-state index in [-0.39, 0.29) is 17.0 Å². The third-order valence-corrected chi connectivity index (χ3v) is 3.58. The van der Waals surface area contributed by atoms with Crippen LogP contribution in [0.5, 0.6) is 0 Å². The van der Waals surface area contributed by atoms with Gasteiger partial charge in [0.25, 0.3) is 0 Å². The number of anilines is 1. The second-order valence-corrected chi connectivity index (χ2v) is 6.44. The highest BCUT2D eigenvalue weighted by Crippen LogP contribution is 2.22. The number of carbonyl (C=O) groups is 1. The van der Waals surface area contributed by atoms with Crippen molar-refractivity contribution in [2.24, 2.45) is 0 Å². The summed E-state index contributed by atoms with van der Waals surface area (Å²) < 4.78 is 13.0. The summed E-state index contributed by atoms with van der Waals surface area (Å²) in [5.74, 6) is -0.196. The third-order valence-electron chi connectivity index (χ3n) is 3.58. The Morgan fingerprint density at radius 3 is 2.36 bits per heavy atom. The highest BCUT2D eigenvalue weighted by molar-refractivity contribution is 5.96. The van der Waals surface area contributed by atoms with Gasteiger partial charge in [0.2, 0.25) is 0 Å². The molecule has 0 saturated heterocycles. The Kier molecular flexibility index (Phi) is 4.96. The van der Waals surface area contributed by atoms with Crippen LogP contribution in [0.15, 0.2) is 48.5 Å². The summed E-state index contributed by atoms with van der Waals surface area (Å²) in [6.45, 7) is 6.93. The number of hydrogen-bond donors (Lipinski definition) is 1. The van der Waals surface area contributed by atoms with E-state index in [1.54, 1.807) is 12.1 Å². The summed E-state index contributed by atoms with van der Waals surface area (Å²) in [5.41, 5.74) is 2.70. The second kappa shape index (κ2) is 6.73. The van der Waals surface area contributed by atoms with Crippen LogP contribution in [-0.4, -0.2) is 12.3 Å². The van der Waals surface area contributed by atoms with Crippen molar-refractivity contribution in [2.45, 2.75) is 32.6 Å². The minimum atomic E-state index is -0.283. The molecule has 3 heteroatoms. The van der Waals surface area contributed by atoms with Gasteiger partial charge in [0, 0.05) is 24.2 Å². The Balaban J connectivity index is 1.90. The van der Waals surface area contributed by atoms with Gasteiger partial charge in [-0.1, -0.05) is 51.1 Å². The molecule has 2 aromatic rings. The lowest BCUT2D eigenvalue weighted by Gasteiger charge is -2.19. The van der Waals surface area contributed by atoms with Crippen molar-refractivity contribution in [1.29, 1.82) is 0 Å². The van der Waals surface area contributed by atoms with Crippen LogP contribution in [0.2, 0.25) is 0 Å². The van der Waals surface area contributed by atoms with Crippen LogP contribution in [0, 0.1) is 5.82 Å². The zero-order valence-electron chi connectivity index (χ0n) is 13.3. The first kappa shape index (κ1) is 16.2. The monoisotopic (exact) mass is 299 g/mol. The minimum Gasteiger partial charge on any atom is -0.385 e. The molecule has 2 rings (SSSR count). The summed E-state index contributed by atoms with van der Waals surface area (Å²) in [4.78, 5) is 12.1. The van der Waals surface area contributed by atoms with Gasteiger partial charge >= 0.3 is 0 Å². The Morgan fingerprint density at radius 2 is 1.77 bits per heavy atom. The average Bonchev–Trinajstić information content (AvgIpc) is 2.46. The number of ketones is 1. The van der Waals surface area contributed by atoms with E-state index in [9.17, 15) is 9.18 Å². The van der Waals surface area contributed by atoms with E-state index < -0.39 is 0 Å². The molecule has 0 aliphatic heterocycles. The van der Waals surface area contributed by atoms with E-state index in [2.05, 4.69) is 26.1 Å². The van der Waals surface area contributed by atoms with Crippen molar-refractivity contribution >= 4 is 11.5 Å². The standard InChI is InChI=1S/C19H22FNO/c1-19(2,3)15-9-7-14(8-10-15)18(22)11-12-21-17-6-4-5-16(20)13-17/h4-10,13,21H,11-12H2,1-3H3. The fourth-order valence-corrected chi connectivity index (χ4v) is 2.22. The molecule has 0 radical (unpaired) electrons. The van der Waals surface area contributed by atoms with Crippen LogP contribution >= 0.6 is 0 Å². The molecule has 1 N–H and O–H groups in total. The molecule has 0 aliphatic rings. The van der Waals surface area contributed by atoms with Crippen LogP contribution in [-0.2, 0) is 5.41 Å². The molecule has 0 spiro atoms. The quantitative estimate of drug-likeness (QED) is 0.803. The summed E-state index contributed by atoms with van der Waals surface area (Å²) >= 11 is 0.